The molecule has 1 atom stereocenters. The predicted molar refractivity (Wildman–Crippen MR) is 63.7 cm³/mol. The molecule has 94 valence electrons. The zero-order valence-electron chi connectivity index (χ0n) is 9.99. The van der Waals surface area contributed by atoms with Gasteiger partial charge >= 0.3 is 5.97 Å². The number of carbonyl (C=O) groups excluding carboxylic acids is 2. The summed E-state index contributed by atoms with van der Waals surface area (Å²) in [6.45, 7) is 0.580. The van der Waals surface area contributed by atoms with Gasteiger partial charge in [-0.25, -0.2) is 4.79 Å². The smallest absolute Gasteiger partial charge is 0.337 e. The van der Waals surface area contributed by atoms with E-state index in [9.17, 15) is 9.59 Å². The summed E-state index contributed by atoms with van der Waals surface area (Å²) in [5, 5.41) is 3.10. The number of esters is 1. The van der Waals surface area contributed by atoms with Gasteiger partial charge in [-0.2, -0.15) is 0 Å². The molecule has 2 aliphatic rings. The summed E-state index contributed by atoms with van der Waals surface area (Å²) in [4.78, 5) is 23.7. The van der Waals surface area contributed by atoms with Crippen molar-refractivity contribution >= 4 is 17.4 Å². The molecule has 3 rings (SSSR count). The van der Waals surface area contributed by atoms with Crippen molar-refractivity contribution in [3.8, 4) is 0 Å². The Hall–Kier alpha value is -1.88. The second-order valence-electron chi connectivity index (χ2n) is 4.49. The fourth-order valence-electron chi connectivity index (χ4n) is 2.50. The van der Waals surface area contributed by atoms with Crippen molar-refractivity contribution in [2.24, 2.45) is 0 Å². The first-order chi connectivity index (χ1) is 8.66. The van der Waals surface area contributed by atoms with Crippen molar-refractivity contribution in [2.75, 3.05) is 19.0 Å². The van der Waals surface area contributed by atoms with Gasteiger partial charge in [-0.15, -0.1) is 0 Å². The van der Waals surface area contributed by atoms with Gasteiger partial charge in [-0.05, 0) is 24.6 Å². The van der Waals surface area contributed by atoms with E-state index in [1.165, 1.54) is 7.11 Å². The highest BCUT2D eigenvalue weighted by Gasteiger charge is 2.48. The molecule has 5 nitrogen and oxygen atoms in total. The number of hydrogen-bond acceptors (Lipinski definition) is 5. The van der Waals surface area contributed by atoms with Crippen LogP contribution in [0.3, 0.4) is 0 Å². The zero-order chi connectivity index (χ0) is 12.8. The van der Waals surface area contributed by atoms with Gasteiger partial charge in [0.15, 0.2) is 0 Å². The van der Waals surface area contributed by atoms with E-state index in [1.807, 2.05) is 0 Å². The average molecular weight is 247 g/mol. The third-order valence-corrected chi connectivity index (χ3v) is 3.41. The lowest BCUT2D eigenvalue weighted by Crippen LogP contribution is -2.40. The lowest BCUT2D eigenvalue weighted by Gasteiger charge is -2.21. The SMILES string of the molecule is COC(=O)c1ccc2c(c1)NC1(CCCO1)C2=O. The number of hydrogen-bond donors (Lipinski definition) is 1. The Labute approximate surface area is 104 Å². The lowest BCUT2D eigenvalue weighted by atomic mass is 10.0. The summed E-state index contributed by atoms with van der Waals surface area (Å²) in [7, 11) is 1.33. The summed E-state index contributed by atoms with van der Waals surface area (Å²) >= 11 is 0. The highest BCUT2D eigenvalue weighted by Crippen LogP contribution is 2.39. The Morgan fingerprint density at radius 2 is 2.33 bits per heavy atom. The van der Waals surface area contributed by atoms with Crippen LogP contribution in [0.2, 0.25) is 0 Å². The Bertz CT molecular complexity index is 532. The minimum atomic E-state index is -0.906. The molecule has 18 heavy (non-hydrogen) atoms. The van der Waals surface area contributed by atoms with Crippen molar-refractivity contribution in [3.05, 3.63) is 29.3 Å². The normalized spacial score (nSPS) is 25.1. The van der Waals surface area contributed by atoms with Crippen LogP contribution in [0.25, 0.3) is 0 Å². The van der Waals surface area contributed by atoms with Gasteiger partial charge < -0.3 is 14.8 Å². The third kappa shape index (κ3) is 1.44. The second kappa shape index (κ2) is 3.81. The molecule has 0 aromatic heterocycles. The molecule has 0 amide bonds. The highest BCUT2D eigenvalue weighted by molar-refractivity contribution is 6.13. The van der Waals surface area contributed by atoms with Crippen molar-refractivity contribution in [3.63, 3.8) is 0 Å². The molecule has 1 N–H and O–H groups in total. The minimum absolute atomic E-state index is 0.0496. The van der Waals surface area contributed by atoms with Crippen molar-refractivity contribution in [1.82, 2.24) is 0 Å². The maximum Gasteiger partial charge on any atom is 0.337 e. The Balaban J connectivity index is 2.00. The van der Waals surface area contributed by atoms with Crippen LogP contribution in [0.15, 0.2) is 18.2 Å². The number of benzene rings is 1. The van der Waals surface area contributed by atoms with Gasteiger partial charge in [0.05, 0.1) is 19.3 Å². The Morgan fingerprint density at radius 3 is 3.00 bits per heavy atom. The molecule has 1 saturated heterocycles. The number of ketones is 1. The molecule has 0 bridgehead atoms. The van der Waals surface area contributed by atoms with Crippen LogP contribution in [0.5, 0.6) is 0 Å². The molecule has 1 unspecified atom stereocenters. The number of methoxy groups -OCH3 is 1. The summed E-state index contributed by atoms with van der Waals surface area (Å²) in [5.74, 6) is -0.466. The van der Waals surface area contributed by atoms with Crippen LogP contribution in [-0.4, -0.2) is 31.2 Å². The first kappa shape index (κ1) is 11.2. The van der Waals surface area contributed by atoms with Gasteiger partial charge in [0, 0.05) is 17.7 Å². The van der Waals surface area contributed by atoms with Gasteiger partial charge in [0.2, 0.25) is 11.5 Å². The van der Waals surface area contributed by atoms with E-state index in [0.29, 0.717) is 29.8 Å². The largest absolute Gasteiger partial charge is 0.465 e. The van der Waals surface area contributed by atoms with Crippen LogP contribution >= 0.6 is 0 Å². The highest BCUT2D eigenvalue weighted by atomic mass is 16.5. The number of fused-ring (bicyclic) bond motifs is 1. The lowest BCUT2D eigenvalue weighted by molar-refractivity contribution is 0.0296. The van der Waals surface area contributed by atoms with E-state index in [2.05, 4.69) is 10.1 Å². The molecule has 0 aliphatic carbocycles. The fraction of sp³-hybridized carbons (Fsp3) is 0.385. The average Bonchev–Trinajstić information content (AvgIpc) is 2.96. The molecule has 1 aromatic rings. The number of rotatable bonds is 1. The van der Waals surface area contributed by atoms with Crippen LogP contribution in [0, 0.1) is 0 Å². The number of nitrogens with one attached hydrogen (secondary N) is 1. The first-order valence-electron chi connectivity index (χ1n) is 5.86. The molecule has 2 heterocycles. The fourth-order valence-corrected chi connectivity index (χ4v) is 2.50. The molecule has 5 heteroatoms. The van der Waals surface area contributed by atoms with E-state index in [0.717, 1.165) is 6.42 Å². The van der Waals surface area contributed by atoms with Crippen LogP contribution in [0.1, 0.15) is 33.6 Å². The molecule has 0 saturated carbocycles. The van der Waals surface area contributed by atoms with Crippen molar-refractivity contribution in [2.45, 2.75) is 18.6 Å². The number of carbonyl (C=O) groups is 2. The van der Waals surface area contributed by atoms with Crippen molar-refractivity contribution in [1.29, 1.82) is 0 Å². The van der Waals surface area contributed by atoms with Gasteiger partial charge in [0.25, 0.3) is 0 Å². The van der Waals surface area contributed by atoms with Gasteiger partial charge in [-0.3, -0.25) is 4.79 Å². The quantitative estimate of drug-likeness (QED) is 0.763. The number of ether oxygens (including phenoxy) is 2. The van der Waals surface area contributed by atoms with Crippen LogP contribution < -0.4 is 5.32 Å². The third-order valence-electron chi connectivity index (χ3n) is 3.41. The van der Waals surface area contributed by atoms with Crippen LogP contribution in [0.4, 0.5) is 5.69 Å². The second-order valence-corrected chi connectivity index (χ2v) is 4.49. The van der Waals surface area contributed by atoms with E-state index in [1.54, 1.807) is 18.2 Å². The first-order valence-corrected chi connectivity index (χ1v) is 5.86. The van der Waals surface area contributed by atoms with Gasteiger partial charge in [-0.1, -0.05) is 0 Å². The molecule has 1 spiro atoms. The monoisotopic (exact) mass is 247 g/mol. The van der Waals surface area contributed by atoms with Gasteiger partial charge in [0.1, 0.15) is 0 Å². The van der Waals surface area contributed by atoms with Crippen molar-refractivity contribution < 1.29 is 19.1 Å². The predicted octanol–water partition coefficient (Wildman–Crippen LogP) is 1.59. The molecule has 2 aliphatic heterocycles. The Kier molecular flexibility index (Phi) is 2.38. The molecule has 0 radical (unpaired) electrons. The molecule has 1 aromatic carbocycles. The Morgan fingerprint density at radius 1 is 1.50 bits per heavy atom. The standard InChI is InChI=1S/C13H13NO4/c1-17-12(16)8-3-4-9-10(7-8)14-13(11(9)15)5-2-6-18-13/h3-4,7,14H,2,5-6H2,1H3. The zero-order valence-corrected chi connectivity index (χ0v) is 9.99. The van der Waals surface area contributed by atoms with E-state index >= 15 is 0 Å². The minimum Gasteiger partial charge on any atom is -0.465 e. The van der Waals surface area contributed by atoms with Crippen LogP contribution in [-0.2, 0) is 9.47 Å². The van der Waals surface area contributed by atoms with E-state index < -0.39 is 11.7 Å². The summed E-state index contributed by atoms with van der Waals surface area (Å²) in [5.41, 5.74) is 0.734. The van der Waals surface area contributed by atoms with E-state index in [-0.39, 0.29) is 5.78 Å². The summed E-state index contributed by atoms with van der Waals surface area (Å²) in [6, 6.07) is 4.88. The molecular formula is C13H13NO4. The molecule has 1 fully saturated rings. The maximum absolute atomic E-state index is 12.3. The number of anilines is 1. The summed E-state index contributed by atoms with van der Waals surface area (Å²) in [6.07, 6.45) is 1.52. The molecular weight excluding hydrogens is 234 g/mol. The maximum atomic E-state index is 12.3. The topological polar surface area (TPSA) is 64.6 Å². The van der Waals surface area contributed by atoms with E-state index in [4.69, 9.17) is 4.74 Å². The number of Topliss-reactive ketones (excluding diaryl/α,β-unsaturated/α-hetero) is 1. The summed E-state index contributed by atoms with van der Waals surface area (Å²) < 4.78 is 10.2.